The van der Waals surface area contributed by atoms with Crippen LogP contribution in [-0.4, -0.2) is 18.2 Å². The zero-order chi connectivity index (χ0) is 16.2. The third kappa shape index (κ3) is 3.58. The lowest BCUT2D eigenvalue weighted by Crippen LogP contribution is -2.22. The molecule has 5 heteroatoms. The van der Waals surface area contributed by atoms with Crippen LogP contribution in [0.2, 0.25) is 0 Å². The number of hydrogen-bond acceptors (Lipinski definition) is 5. The first-order chi connectivity index (χ1) is 11.1. The van der Waals surface area contributed by atoms with Crippen molar-refractivity contribution in [2.24, 2.45) is 0 Å². The first-order valence-electron chi connectivity index (χ1n) is 7.14. The van der Waals surface area contributed by atoms with Crippen LogP contribution in [0.25, 0.3) is 0 Å². The number of hydrogen-bond donors (Lipinski definition) is 2. The molecule has 0 radical (unpaired) electrons. The summed E-state index contributed by atoms with van der Waals surface area (Å²) >= 11 is 0. The lowest BCUT2D eigenvalue weighted by molar-refractivity contribution is 0.363. The molecule has 2 N–H and O–H groups in total. The molecule has 0 aliphatic carbocycles. The van der Waals surface area contributed by atoms with E-state index in [1.165, 1.54) is 6.08 Å². The van der Waals surface area contributed by atoms with Gasteiger partial charge in [0.15, 0.2) is 17.3 Å². The van der Waals surface area contributed by atoms with Crippen LogP contribution in [0.5, 0.6) is 17.2 Å². The second kappa shape index (κ2) is 6.36. The number of rotatable bonds is 4. The highest BCUT2D eigenvalue weighted by Crippen LogP contribution is 2.32. The van der Waals surface area contributed by atoms with Crippen molar-refractivity contribution in [1.29, 1.82) is 10.8 Å². The second-order valence-corrected chi connectivity index (χ2v) is 5.12. The van der Waals surface area contributed by atoms with Crippen molar-refractivity contribution < 1.29 is 14.2 Å². The van der Waals surface area contributed by atoms with E-state index in [1.54, 1.807) is 12.1 Å². The molecule has 2 aromatic carbocycles. The molecule has 23 heavy (non-hydrogen) atoms. The fourth-order valence-corrected chi connectivity index (χ4v) is 2.03. The van der Waals surface area contributed by atoms with Crippen molar-refractivity contribution in [2.75, 3.05) is 6.61 Å². The molecule has 0 amide bonds. The molecule has 1 aliphatic rings. The first kappa shape index (κ1) is 14.8. The molecule has 0 bridgehead atoms. The summed E-state index contributed by atoms with van der Waals surface area (Å²) in [6.45, 7) is 2.09. The molecule has 0 unspecified atom stereocenters. The standard InChI is InChI=1S/C18H16N2O3/c1-12-6-8-14(9-7-12)21-11-13(19)10-17-18(20)23-16-5-3-2-4-15(16)22-17/h2-10,19-20H,11H2,1H3/b17-10+,19-13?,20-18?. The Morgan fingerprint density at radius 3 is 2.39 bits per heavy atom. The van der Waals surface area contributed by atoms with Crippen LogP contribution in [0.3, 0.4) is 0 Å². The molecule has 0 spiro atoms. The summed E-state index contributed by atoms with van der Waals surface area (Å²) < 4.78 is 16.5. The quantitative estimate of drug-likeness (QED) is 0.845. The minimum Gasteiger partial charge on any atom is -0.487 e. The molecule has 116 valence electrons. The molecular formula is C18H16N2O3. The van der Waals surface area contributed by atoms with Gasteiger partial charge in [0.25, 0.3) is 5.90 Å². The van der Waals surface area contributed by atoms with Gasteiger partial charge in [-0.1, -0.05) is 29.8 Å². The normalized spacial score (nSPS) is 14.7. The molecule has 1 heterocycles. The van der Waals surface area contributed by atoms with Crippen LogP contribution >= 0.6 is 0 Å². The number of benzene rings is 2. The highest BCUT2D eigenvalue weighted by Gasteiger charge is 2.21. The topological polar surface area (TPSA) is 75.4 Å². The Balaban J connectivity index is 1.65. The summed E-state index contributed by atoms with van der Waals surface area (Å²) in [5.74, 6) is 1.80. The Hall–Kier alpha value is -3.08. The third-order valence-corrected chi connectivity index (χ3v) is 3.23. The van der Waals surface area contributed by atoms with Crippen LogP contribution in [0.1, 0.15) is 5.56 Å². The fraction of sp³-hybridized carbons (Fsp3) is 0.111. The minimum absolute atomic E-state index is 0.0881. The maximum Gasteiger partial charge on any atom is 0.255 e. The van der Waals surface area contributed by atoms with Crippen molar-refractivity contribution in [1.82, 2.24) is 0 Å². The first-order valence-corrected chi connectivity index (χ1v) is 7.14. The van der Waals surface area contributed by atoms with Gasteiger partial charge in [0.2, 0.25) is 0 Å². The van der Waals surface area contributed by atoms with Gasteiger partial charge in [-0.3, -0.25) is 5.41 Å². The monoisotopic (exact) mass is 308 g/mol. The molecule has 0 saturated heterocycles. The Bertz CT molecular complexity index is 779. The maximum atomic E-state index is 7.96. The van der Waals surface area contributed by atoms with E-state index in [0.717, 1.165) is 5.56 Å². The highest BCUT2D eigenvalue weighted by molar-refractivity contribution is 6.02. The predicted molar refractivity (Wildman–Crippen MR) is 87.9 cm³/mol. The Morgan fingerprint density at radius 1 is 1.04 bits per heavy atom. The van der Waals surface area contributed by atoms with Crippen LogP contribution in [0.4, 0.5) is 0 Å². The fourth-order valence-electron chi connectivity index (χ4n) is 2.03. The number of fused-ring (bicyclic) bond motifs is 1. The van der Waals surface area contributed by atoms with Gasteiger partial charge < -0.3 is 19.6 Å². The average molecular weight is 308 g/mol. The maximum absolute atomic E-state index is 7.96. The van der Waals surface area contributed by atoms with Crippen molar-refractivity contribution >= 4 is 11.6 Å². The molecule has 2 aromatic rings. The second-order valence-electron chi connectivity index (χ2n) is 5.12. The number of para-hydroxylation sites is 2. The van der Waals surface area contributed by atoms with Gasteiger partial charge in [-0.25, -0.2) is 0 Å². The predicted octanol–water partition coefficient (Wildman–Crippen LogP) is 3.73. The van der Waals surface area contributed by atoms with E-state index in [-0.39, 0.29) is 24.0 Å². The number of nitrogens with one attached hydrogen (secondary N) is 2. The molecule has 5 nitrogen and oxygen atoms in total. The zero-order valence-corrected chi connectivity index (χ0v) is 12.6. The van der Waals surface area contributed by atoms with E-state index in [2.05, 4.69) is 0 Å². The molecule has 1 aliphatic heterocycles. The van der Waals surface area contributed by atoms with E-state index in [1.807, 2.05) is 43.3 Å². The largest absolute Gasteiger partial charge is 0.487 e. The highest BCUT2D eigenvalue weighted by atomic mass is 16.6. The van der Waals surface area contributed by atoms with Crippen molar-refractivity contribution in [3.8, 4) is 17.2 Å². The van der Waals surface area contributed by atoms with Gasteiger partial charge >= 0.3 is 0 Å². The summed E-state index contributed by atoms with van der Waals surface area (Å²) in [5.41, 5.74) is 1.34. The van der Waals surface area contributed by atoms with E-state index in [9.17, 15) is 0 Å². The van der Waals surface area contributed by atoms with Crippen LogP contribution < -0.4 is 14.2 Å². The molecule has 0 aromatic heterocycles. The van der Waals surface area contributed by atoms with Crippen molar-refractivity contribution in [2.45, 2.75) is 6.92 Å². The summed E-state index contributed by atoms with van der Waals surface area (Å²) in [6.07, 6.45) is 1.44. The lowest BCUT2D eigenvalue weighted by atomic mass is 10.2. The van der Waals surface area contributed by atoms with E-state index < -0.39 is 0 Å². The van der Waals surface area contributed by atoms with Crippen LogP contribution in [0.15, 0.2) is 60.4 Å². The third-order valence-electron chi connectivity index (χ3n) is 3.23. The molecule has 0 saturated carbocycles. The van der Waals surface area contributed by atoms with E-state index in [0.29, 0.717) is 17.2 Å². The van der Waals surface area contributed by atoms with Crippen LogP contribution in [0, 0.1) is 17.7 Å². The molecular weight excluding hydrogens is 292 g/mol. The van der Waals surface area contributed by atoms with Crippen LogP contribution in [-0.2, 0) is 0 Å². The Kier molecular flexibility index (Phi) is 4.10. The average Bonchev–Trinajstić information content (AvgIpc) is 2.55. The Morgan fingerprint density at radius 2 is 1.70 bits per heavy atom. The Labute approximate surface area is 134 Å². The molecule has 3 rings (SSSR count). The van der Waals surface area contributed by atoms with E-state index in [4.69, 9.17) is 25.0 Å². The number of aryl methyl sites for hydroxylation is 1. The SMILES string of the molecule is Cc1ccc(OCC(=N)/C=C2/Oc3ccccc3OC2=N)cc1. The van der Waals surface area contributed by atoms with Gasteiger partial charge in [0.1, 0.15) is 12.4 Å². The van der Waals surface area contributed by atoms with Crippen molar-refractivity contribution in [3.05, 3.63) is 65.9 Å². The van der Waals surface area contributed by atoms with Crippen molar-refractivity contribution in [3.63, 3.8) is 0 Å². The summed E-state index contributed by atoms with van der Waals surface area (Å²) in [6, 6.07) is 14.7. The van der Waals surface area contributed by atoms with Gasteiger partial charge in [-0.05, 0) is 31.2 Å². The molecule has 0 atom stereocenters. The minimum atomic E-state index is -0.121. The van der Waals surface area contributed by atoms with Gasteiger partial charge in [-0.2, -0.15) is 0 Å². The van der Waals surface area contributed by atoms with Gasteiger partial charge in [0.05, 0.1) is 5.71 Å². The summed E-state index contributed by atoms with van der Waals surface area (Å²) in [7, 11) is 0. The molecule has 0 fully saturated rings. The van der Waals surface area contributed by atoms with E-state index >= 15 is 0 Å². The summed E-state index contributed by atoms with van der Waals surface area (Å²) in [5, 5.41) is 15.8. The van der Waals surface area contributed by atoms with Gasteiger partial charge in [-0.15, -0.1) is 0 Å². The van der Waals surface area contributed by atoms with Gasteiger partial charge in [0, 0.05) is 6.08 Å². The summed E-state index contributed by atoms with van der Waals surface area (Å²) in [4.78, 5) is 0. The number of ether oxygens (including phenoxy) is 3. The zero-order valence-electron chi connectivity index (χ0n) is 12.6. The lowest BCUT2D eigenvalue weighted by Gasteiger charge is -2.20. The smallest absolute Gasteiger partial charge is 0.255 e.